The monoisotopic (exact) mass is 379 g/mol. The first kappa shape index (κ1) is 22.5. The van der Waals surface area contributed by atoms with Gasteiger partial charge in [0.2, 0.25) is 11.8 Å². The Morgan fingerprint density at radius 3 is 2.24 bits per heavy atom. The lowest BCUT2D eigenvalue weighted by Crippen LogP contribution is -2.49. The van der Waals surface area contributed by atoms with Gasteiger partial charge in [0.05, 0.1) is 5.88 Å². The summed E-state index contributed by atoms with van der Waals surface area (Å²) in [6.07, 6.45) is -0.346. The number of carbonyl (C=O) groups is 5. The largest absolute Gasteiger partial charge is 0.480 e. The van der Waals surface area contributed by atoms with Crippen molar-refractivity contribution in [1.29, 1.82) is 0 Å². The molecule has 0 spiro atoms. The first-order chi connectivity index (χ1) is 11.6. The normalized spacial score (nSPS) is 12.5. The number of nitrogens with one attached hydrogen (secondary N) is 3. The van der Waals surface area contributed by atoms with Crippen molar-refractivity contribution in [1.82, 2.24) is 16.0 Å². The van der Waals surface area contributed by atoms with Gasteiger partial charge in [-0.25, -0.2) is 4.79 Å². The van der Waals surface area contributed by atoms with Gasteiger partial charge in [0, 0.05) is 12.2 Å². The molecule has 0 bridgehead atoms. The van der Waals surface area contributed by atoms with Gasteiger partial charge in [-0.15, -0.1) is 11.8 Å². The molecule has 0 aromatic carbocycles. The van der Waals surface area contributed by atoms with E-state index in [1.165, 1.54) is 0 Å². The van der Waals surface area contributed by atoms with Crippen LogP contribution in [-0.2, 0) is 19.2 Å². The van der Waals surface area contributed by atoms with Crippen LogP contribution in [0.5, 0.6) is 0 Å². The third kappa shape index (κ3) is 11.6. The van der Waals surface area contributed by atoms with Crippen LogP contribution in [0.1, 0.15) is 12.8 Å². The summed E-state index contributed by atoms with van der Waals surface area (Å²) in [4.78, 5) is 55.4. The third-order valence-corrected chi connectivity index (χ3v) is 3.62. The third-order valence-electron chi connectivity index (χ3n) is 2.70. The molecule has 0 aromatic rings. The molecule has 2 atom stereocenters. The van der Waals surface area contributed by atoms with Crippen LogP contribution in [0.25, 0.3) is 0 Å². The summed E-state index contributed by atoms with van der Waals surface area (Å²) in [6, 6.07) is -3.04. The number of rotatable bonds is 12. The molecule has 142 valence electrons. The standard InChI is InChI=1S/C12H21N5O7S/c13-6(11(22)23)1-2-8(18)17-7(4-25-5-16-12(14)24)10(21)15-3-9(19)20/h6-7H,1-5,13H2,(H,15,21)(H,17,18)(H,19,20)(H,22,23)(H3,14,16,24)/t6-,7-/m0/s1. The molecule has 0 heterocycles. The molecule has 9 N–H and O–H groups in total. The molecular weight excluding hydrogens is 358 g/mol. The molecule has 13 heteroatoms. The zero-order chi connectivity index (χ0) is 19.4. The Kier molecular flexibility index (Phi) is 10.7. The summed E-state index contributed by atoms with van der Waals surface area (Å²) in [5.74, 6) is -3.74. The molecule has 0 radical (unpaired) electrons. The number of urea groups is 1. The van der Waals surface area contributed by atoms with Crippen LogP contribution in [0.4, 0.5) is 4.79 Å². The van der Waals surface area contributed by atoms with Gasteiger partial charge < -0.3 is 37.6 Å². The maximum Gasteiger partial charge on any atom is 0.322 e. The minimum Gasteiger partial charge on any atom is -0.480 e. The Morgan fingerprint density at radius 2 is 1.72 bits per heavy atom. The molecule has 0 saturated heterocycles. The highest BCUT2D eigenvalue weighted by Crippen LogP contribution is 2.03. The Labute approximate surface area is 147 Å². The molecule has 0 aliphatic carbocycles. The van der Waals surface area contributed by atoms with Gasteiger partial charge in [-0.3, -0.25) is 19.2 Å². The molecule has 25 heavy (non-hydrogen) atoms. The second-order valence-corrected chi connectivity index (χ2v) is 5.80. The highest BCUT2D eigenvalue weighted by molar-refractivity contribution is 7.99. The fourth-order valence-electron chi connectivity index (χ4n) is 1.44. The first-order valence-electron chi connectivity index (χ1n) is 7.01. The van der Waals surface area contributed by atoms with Gasteiger partial charge in [-0.05, 0) is 6.42 Å². The minimum atomic E-state index is -1.26. The number of hydrogen-bond acceptors (Lipinski definition) is 7. The highest BCUT2D eigenvalue weighted by atomic mass is 32.2. The Bertz CT molecular complexity index is 516. The van der Waals surface area contributed by atoms with Crippen molar-refractivity contribution in [3.8, 4) is 0 Å². The van der Waals surface area contributed by atoms with Crippen molar-refractivity contribution in [2.24, 2.45) is 11.5 Å². The van der Waals surface area contributed by atoms with Crippen molar-refractivity contribution >= 4 is 41.5 Å². The van der Waals surface area contributed by atoms with E-state index < -0.39 is 48.4 Å². The number of hydrogen-bond donors (Lipinski definition) is 7. The minimum absolute atomic E-state index is 0.0302. The van der Waals surface area contributed by atoms with Gasteiger partial charge in [0.1, 0.15) is 18.6 Å². The van der Waals surface area contributed by atoms with E-state index in [0.29, 0.717) is 0 Å². The fourth-order valence-corrected chi connectivity index (χ4v) is 2.28. The van der Waals surface area contributed by atoms with E-state index in [0.717, 1.165) is 11.8 Å². The first-order valence-corrected chi connectivity index (χ1v) is 8.17. The van der Waals surface area contributed by atoms with Crippen LogP contribution in [0.15, 0.2) is 0 Å². The number of primary amides is 1. The molecule has 0 aliphatic rings. The summed E-state index contributed by atoms with van der Waals surface area (Å²) in [5, 5.41) is 24.0. The van der Waals surface area contributed by atoms with E-state index in [-0.39, 0.29) is 24.5 Å². The maximum absolute atomic E-state index is 11.9. The van der Waals surface area contributed by atoms with Gasteiger partial charge >= 0.3 is 18.0 Å². The summed E-state index contributed by atoms with van der Waals surface area (Å²) in [7, 11) is 0. The molecular formula is C12H21N5O7S. The van der Waals surface area contributed by atoms with Crippen LogP contribution in [0.3, 0.4) is 0 Å². The van der Waals surface area contributed by atoms with Crippen LogP contribution < -0.4 is 27.4 Å². The summed E-state index contributed by atoms with van der Waals surface area (Å²) < 4.78 is 0. The van der Waals surface area contributed by atoms with Crippen molar-refractivity contribution in [3.05, 3.63) is 0 Å². The van der Waals surface area contributed by atoms with Gasteiger partial charge in [0.25, 0.3) is 0 Å². The van der Waals surface area contributed by atoms with Crippen LogP contribution in [0.2, 0.25) is 0 Å². The average molecular weight is 379 g/mol. The van der Waals surface area contributed by atoms with Gasteiger partial charge in [0.15, 0.2) is 0 Å². The Hall–Kier alpha value is -2.54. The SMILES string of the molecule is NC(=O)NCSC[C@H](NC(=O)CC[C@H](N)C(=O)O)C(=O)NCC(=O)O. The topological polar surface area (TPSA) is 214 Å². The lowest BCUT2D eigenvalue weighted by atomic mass is 10.1. The van der Waals surface area contributed by atoms with E-state index in [4.69, 9.17) is 21.7 Å². The zero-order valence-corrected chi connectivity index (χ0v) is 14.0. The molecule has 0 unspecified atom stereocenters. The van der Waals surface area contributed by atoms with Crippen LogP contribution >= 0.6 is 11.8 Å². The predicted octanol–water partition coefficient (Wildman–Crippen LogP) is -2.78. The zero-order valence-electron chi connectivity index (χ0n) is 13.2. The Morgan fingerprint density at radius 1 is 1.08 bits per heavy atom. The Balaban J connectivity index is 4.55. The number of carboxylic acids is 2. The van der Waals surface area contributed by atoms with Gasteiger partial charge in [-0.2, -0.15) is 0 Å². The number of carbonyl (C=O) groups excluding carboxylic acids is 3. The molecule has 0 saturated carbocycles. The molecule has 0 aliphatic heterocycles. The summed E-state index contributed by atoms with van der Waals surface area (Å²) >= 11 is 1.07. The van der Waals surface area contributed by atoms with E-state index in [1.807, 2.05) is 0 Å². The second-order valence-electron chi connectivity index (χ2n) is 4.77. The lowest BCUT2D eigenvalue weighted by Gasteiger charge is -2.18. The molecule has 4 amide bonds. The lowest BCUT2D eigenvalue weighted by molar-refractivity contribution is -0.139. The fraction of sp³-hybridized carbons (Fsp3) is 0.583. The summed E-state index contributed by atoms with van der Waals surface area (Å²) in [6.45, 7) is -0.626. The number of carboxylic acid groups (broad SMARTS) is 2. The average Bonchev–Trinajstić information content (AvgIpc) is 2.52. The van der Waals surface area contributed by atoms with E-state index in [9.17, 15) is 24.0 Å². The number of aliphatic carboxylic acids is 2. The quantitative estimate of drug-likeness (QED) is 0.138. The van der Waals surface area contributed by atoms with E-state index in [2.05, 4.69) is 16.0 Å². The van der Waals surface area contributed by atoms with Crippen LogP contribution in [0, 0.1) is 0 Å². The molecule has 0 aromatic heterocycles. The second kappa shape index (κ2) is 11.9. The van der Waals surface area contributed by atoms with Crippen molar-refractivity contribution in [2.45, 2.75) is 24.9 Å². The predicted molar refractivity (Wildman–Crippen MR) is 87.5 cm³/mol. The van der Waals surface area contributed by atoms with E-state index in [1.54, 1.807) is 0 Å². The van der Waals surface area contributed by atoms with Crippen LogP contribution in [-0.4, -0.2) is 70.3 Å². The van der Waals surface area contributed by atoms with Crippen molar-refractivity contribution < 1.29 is 34.2 Å². The molecule has 0 fully saturated rings. The van der Waals surface area contributed by atoms with Gasteiger partial charge in [-0.1, -0.05) is 0 Å². The highest BCUT2D eigenvalue weighted by Gasteiger charge is 2.22. The smallest absolute Gasteiger partial charge is 0.322 e. The summed E-state index contributed by atoms with van der Waals surface area (Å²) in [5.41, 5.74) is 10.2. The van der Waals surface area contributed by atoms with Crippen molar-refractivity contribution in [2.75, 3.05) is 18.2 Å². The van der Waals surface area contributed by atoms with Crippen molar-refractivity contribution in [3.63, 3.8) is 0 Å². The molecule has 12 nitrogen and oxygen atoms in total. The number of thioether (sulfide) groups is 1. The number of amides is 4. The maximum atomic E-state index is 11.9. The molecule has 0 rings (SSSR count). The van der Waals surface area contributed by atoms with E-state index >= 15 is 0 Å². The number of nitrogens with two attached hydrogens (primary N) is 2.